The van der Waals surface area contributed by atoms with Gasteiger partial charge in [0, 0.05) is 45.9 Å². The van der Waals surface area contributed by atoms with Crippen LogP contribution in [-0.4, -0.2) is 28.3 Å². The molecule has 0 amide bonds. The van der Waals surface area contributed by atoms with E-state index in [1.165, 1.54) is 5.56 Å². The number of aromatic nitrogens is 2. The van der Waals surface area contributed by atoms with Gasteiger partial charge in [-0.1, -0.05) is 124 Å². The predicted octanol–water partition coefficient (Wildman–Crippen LogP) is 13.1. The molecule has 1 saturated heterocycles. The first-order chi connectivity index (χ1) is 32.5. The molecule has 5 heteroatoms. The summed E-state index contributed by atoms with van der Waals surface area (Å²) in [6.07, 6.45) is 4.86. The Morgan fingerprint density at radius 1 is 0.638 bits per heavy atom. The third kappa shape index (κ3) is 5.78. The zero-order valence-electron chi connectivity index (χ0n) is 42.6. The minimum absolute atomic E-state index is 0.0116. The van der Waals surface area contributed by atoms with E-state index in [1.54, 1.807) is 18.2 Å². The summed E-state index contributed by atoms with van der Waals surface area (Å²) >= 11 is 0. The van der Waals surface area contributed by atoms with Gasteiger partial charge in [0.05, 0.1) is 49.2 Å². The SMILES string of the molecule is [2H]c1c([2H])c([2H])c(-c2cccc(-c3c([2H])c([2H])c([2H])c([2H])c3[2H])c2N2CN(c3cccc(Oc4ccc5c6ccccc6n(-c6cc(C(C)(C)C)ccn6)c5c4)c3)C3C4CCC(C4)C32)c([2H])c1[2H]. The highest BCUT2D eigenvalue weighted by atomic mass is 16.5. The van der Waals surface area contributed by atoms with Gasteiger partial charge in [-0.3, -0.25) is 4.57 Å². The molecule has 0 spiro atoms. The van der Waals surface area contributed by atoms with Gasteiger partial charge in [-0.25, -0.2) is 4.98 Å². The zero-order chi connectivity index (χ0) is 47.7. The molecule has 3 fully saturated rings. The predicted molar refractivity (Wildman–Crippen MR) is 239 cm³/mol. The summed E-state index contributed by atoms with van der Waals surface area (Å²) in [5.41, 5.74) is 5.14. The van der Waals surface area contributed by atoms with Crippen molar-refractivity contribution in [3.05, 3.63) is 169 Å². The quantitative estimate of drug-likeness (QED) is 0.162. The van der Waals surface area contributed by atoms with E-state index in [2.05, 4.69) is 77.6 Å². The zero-order valence-corrected chi connectivity index (χ0v) is 32.6. The number of pyridine rings is 1. The number of rotatable bonds is 7. The highest BCUT2D eigenvalue weighted by Crippen LogP contribution is 2.56. The van der Waals surface area contributed by atoms with Gasteiger partial charge in [0.15, 0.2) is 0 Å². The van der Waals surface area contributed by atoms with Gasteiger partial charge in [-0.15, -0.1) is 0 Å². The molecule has 6 aromatic carbocycles. The topological polar surface area (TPSA) is 33.5 Å². The van der Waals surface area contributed by atoms with Crippen LogP contribution in [0.3, 0.4) is 0 Å². The van der Waals surface area contributed by atoms with Crippen LogP contribution in [0.2, 0.25) is 0 Å². The van der Waals surface area contributed by atoms with E-state index >= 15 is 0 Å². The van der Waals surface area contributed by atoms with Crippen molar-refractivity contribution < 1.29 is 18.4 Å². The Kier molecular flexibility index (Phi) is 6.08. The Hall–Kier alpha value is -6.33. The fraction of sp³-hybridized carbons (Fsp3) is 0.226. The summed E-state index contributed by atoms with van der Waals surface area (Å²) in [4.78, 5) is 9.42. The van der Waals surface area contributed by atoms with Gasteiger partial charge in [0.1, 0.15) is 17.3 Å². The molecule has 1 aliphatic heterocycles. The normalized spacial score (nSPS) is 22.4. The summed E-state index contributed by atoms with van der Waals surface area (Å²) < 4.78 is 96.6. The number of benzene rings is 6. The maximum atomic E-state index is 9.10. The minimum Gasteiger partial charge on any atom is -0.457 e. The lowest BCUT2D eigenvalue weighted by atomic mass is 9.88. The number of anilines is 2. The monoisotopic (exact) mass is 766 g/mol. The number of hydrogen-bond donors (Lipinski definition) is 0. The van der Waals surface area contributed by atoms with Crippen LogP contribution in [0.5, 0.6) is 11.5 Å². The van der Waals surface area contributed by atoms with Crippen molar-refractivity contribution in [2.45, 2.75) is 57.5 Å². The lowest BCUT2D eigenvalue weighted by molar-refractivity contribution is 0.389. The second-order valence-electron chi connectivity index (χ2n) is 16.9. The van der Waals surface area contributed by atoms with E-state index in [4.69, 9.17) is 23.4 Å². The maximum Gasteiger partial charge on any atom is 0.137 e. The summed E-state index contributed by atoms with van der Waals surface area (Å²) in [5, 5.41) is 2.19. The molecule has 4 atom stereocenters. The van der Waals surface area contributed by atoms with Crippen LogP contribution in [-0.2, 0) is 5.41 Å². The van der Waals surface area contributed by atoms with Crippen LogP contribution in [0.4, 0.5) is 11.4 Å². The molecule has 3 aliphatic rings. The Bertz CT molecular complexity index is 3260. The molecule has 286 valence electrons. The van der Waals surface area contributed by atoms with Gasteiger partial charge in [0.25, 0.3) is 0 Å². The third-order valence-corrected chi connectivity index (χ3v) is 12.6. The molecule has 5 nitrogen and oxygen atoms in total. The number of nitrogens with zero attached hydrogens (tertiary/aromatic N) is 4. The highest BCUT2D eigenvalue weighted by Gasteiger charge is 2.57. The molecule has 4 unspecified atom stereocenters. The van der Waals surface area contributed by atoms with E-state index < -0.39 is 36.3 Å². The molecule has 2 aliphatic carbocycles. The highest BCUT2D eigenvalue weighted by molar-refractivity contribution is 6.09. The van der Waals surface area contributed by atoms with Gasteiger partial charge in [-0.05, 0) is 95.7 Å². The van der Waals surface area contributed by atoms with Crippen LogP contribution in [0.1, 0.15) is 59.3 Å². The van der Waals surface area contributed by atoms with E-state index in [9.17, 15) is 0 Å². The minimum atomic E-state index is -0.514. The second kappa shape index (κ2) is 13.7. The van der Waals surface area contributed by atoms with Gasteiger partial charge < -0.3 is 14.5 Å². The summed E-state index contributed by atoms with van der Waals surface area (Å²) in [6.45, 7) is 6.90. The molecular formula is C53H48N4O. The first-order valence-electron chi connectivity index (χ1n) is 25.1. The van der Waals surface area contributed by atoms with Gasteiger partial charge in [0.2, 0.25) is 0 Å². The third-order valence-electron chi connectivity index (χ3n) is 12.6. The van der Waals surface area contributed by atoms with Crippen LogP contribution in [0.15, 0.2) is 164 Å². The summed E-state index contributed by atoms with van der Waals surface area (Å²) in [6, 6.07) is 27.3. The average Bonchev–Trinajstić information content (AvgIpc) is 4.13. The maximum absolute atomic E-state index is 9.10. The number of fused-ring (bicyclic) bond motifs is 8. The molecule has 3 heterocycles. The lowest BCUT2D eigenvalue weighted by Gasteiger charge is -2.34. The molecule has 58 heavy (non-hydrogen) atoms. The Morgan fingerprint density at radius 3 is 2.02 bits per heavy atom. The van der Waals surface area contributed by atoms with Crippen molar-refractivity contribution in [3.8, 4) is 39.6 Å². The van der Waals surface area contributed by atoms with Crippen molar-refractivity contribution in [3.63, 3.8) is 0 Å². The molecule has 0 N–H and O–H groups in total. The van der Waals surface area contributed by atoms with Crippen LogP contribution >= 0.6 is 0 Å². The molecular weight excluding hydrogens is 709 g/mol. The van der Waals surface area contributed by atoms with Crippen LogP contribution in [0.25, 0.3) is 49.9 Å². The Morgan fingerprint density at radius 2 is 1.29 bits per heavy atom. The fourth-order valence-corrected chi connectivity index (χ4v) is 10.1. The number of para-hydroxylation sites is 2. The van der Waals surface area contributed by atoms with Crippen molar-refractivity contribution in [1.29, 1.82) is 0 Å². The van der Waals surface area contributed by atoms with E-state index in [1.807, 2.05) is 42.6 Å². The number of hydrogen-bond acceptors (Lipinski definition) is 4. The molecule has 2 saturated carbocycles. The summed E-state index contributed by atoms with van der Waals surface area (Å²) in [7, 11) is 0. The smallest absolute Gasteiger partial charge is 0.137 e. The first-order valence-corrected chi connectivity index (χ1v) is 20.1. The molecule has 8 aromatic rings. The standard InChI is InChI=1S/C53H48N4O/c1-53(2,3)39-28-29-54-49(31-39)57-47-23-11-10-20-45(47)46-27-26-42(33-48(46)57)58-41-19-12-18-40(32-41)55-34-56(51-38-25-24-37(30-38)50(51)55)52-43(35-14-6-4-7-15-35)21-13-22-44(52)36-16-8-5-9-17-36/h4-23,26-29,31-33,37-38,50-51H,24-25,30,34H2,1-3H3/i4D,5D,6D,7D,8D,9D,14D,15D,16D,17D. The van der Waals surface area contributed by atoms with Crippen LogP contribution in [0, 0.1) is 11.8 Å². The average molecular weight is 767 g/mol. The largest absolute Gasteiger partial charge is 0.457 e. The van der Waals surface area contributed by atoms with Gasteiger partial charge >= 0.3 is 0 Å². The van der Waals surface area contributed by atoms with Crippen molar-refractivity contribution in [2.24, 2.45) is 11.8 Å². The number of ether oxygens (including phenoxy) is 1. The van der Waals surface area contributed by atoms with Crippen LogP contribution < -0.4 is 14.5 Å². The first kappa shape index (κ1) is 25.8. The molecule has 11 rings (SSSR count). The lowest BCUT2D eigenvalue weighted by Crippen LogP contribution is -2.42. The van der Waals surface area contributed by atoms with E-state index in [-0.39, 0.29) is 58.7 Å². The second-order valence-corrected chi connectivity index (χ2v) is 16.9. The Labute approximate surface area is 355 Å². The molecule has 2 aromatic heterocycles. The van der Waals surface area contributed by atoms with Crippen molar-refractivity contribution >= 4 is 33.2 Å². The van der Waals surface area contributed by atoms with E-state index in [0.717, 1.165) is 52.6 Å². The van der Waals surface area contributed by atoms with Gasteiger partial charge in [-0.2, -0.15) is 0 Å². The summed E-state index contributed by atoms with van der Waals surface area (Å²) in [5.74, 6) is 2.71. The molecule has 2 bridgehead atoms. The molecule has 0 radical (unpaired) electrons. The Balaban J connectivity index is 1.03. The van der Waals surface area contributed by atoms with Crippen molar-refractivity contribution in [1.82, 2.24) is 9.55 Å². The van der Waals surface area contributed by atoms with Crippen molar-refractivity contribution in [2.75, 3.05) is 16.5 Å². The van der Waals surface area contributed by atoms with E-state index in [0.29, 0.717) is 40.9 Å². The fourth-order valence-electron chi connectivity index (χ4n) is 10.1.